The maximum absolute atomic E-state index is 5.91. The molecule has 2 fully saturated rings. The quantitative estimate of drug-likeness (QED) is 0.833. The fraction of sp³-hybridized carbons (Fsp3) is 0.500. The molecule has 2 aliphatic rings. The van der Waals surface area contributed by atoms with Crippen LogP contribution in [-0.4, -0.2) is 21.8 Å². The van der Waals surface area contributed by atoms with E-state index in [1.54, 1.807) is 6.26 Å². The Kier molecular flexibility index (Phi) is 2.30. The highest BCUT2D eigenvalue weighted by Gasteiger charge is 2.40. The van der Waals surface area contributed by atoms with Crippen LogP contribution >= 0.6 is 0 Å². The van der Waals surface area contributed by atoms with Crippen molar-refractivity contribution < 1.29 is 9.15 Å². The molecule has 18 heavy (non-hydrogen) atoms. The number of hydrogen-bond acceptors (Lipinski definition) is 3. The molecule has 2 bridgehead atoms. The van der Waals surface area contributed by atoms with Gasteiger partial charge in [-0.05, 0) is 31.4 Å². The van der Waals surface area contributed by atoms with Crippen LogP contribution in [0.25, 0.3) is 11.6 Å². The van der Waals surface area contributed by atoms with Crippen LogP contribution in [-0.2, 0) is 11.3 Å². The standard InChI is InChI=1S/C14H16N2O2/c1-2-13(17-7-1)14-15-5-6-16(14)9-10-8-11-3-4-12(10)18-11/h1-2,5-7,10-12H,3-4,8-9H2/t10-,11-,12+/m0/s1. The van der Waals surface area contributed by atoms with Crippen molar-refractivity contribution in [2.24, 2.45) is 5.92 Å². The van der Waals surface area contributed by atoms with Gasteiger partial charge < -0.3 is 13.7 Å². The first-order valence-electron chi connectivity index (χ1n) is 6.60. The maximum atomic E-state index is 5.91. The molecule has 4 rings (SSSR count). The van der Waals surface area contributed by atoms with Crippen molar-refractivity contribution in [1.82, 2.24) is 9.55 Å². The van der Waals surface area contributed by atoms with E-state index in [9.17, 15) is 0 Å². The molecule has 2 saturated heterocycles. The summed E-state index contributed by atoms with van der Waals surface area (Å²) in [6.45, 7) is 0.983. The Labute approximate surface area is 106 Å². The van der Waals surface area contributed by atoms with Crippen molar-refractivity contribution in [1.29, 1.82) is 0 Å². The number of ether oxygens (including phenoxy) is 1. The number of fused-ring (bicyclic) bond motifs is 2. The average molecular weight is 244 g/mol. The van der Waals surface area contributed by atoms with Gasteiger partial charge in [-0.15, -0.1) is 0 Å². The van der Waals surface area contributed by atoms with Gasteiger partial charge in [-0.25, -0.2) is 4.98 Å². The minimum absolute atomic E-state index is 0.460. The summed E-state index contributed by atoms with van der Waals surface area (Å²) in [6.07, 6.45) is 10.2. The topological polar surface area (TPSA) is 40.2 Å². The van der Waals surface area contributed by atoms with Crippen molar-refractivity contribution in [2.45, 2.75) is 38.0 Å². The van der Waals surface area contributed by atoms with E-state index in [0.717, 1.165) is 18.1 Å². The summed E-state index contributed by atoms with van der Waals surface area (Å²) in [5.41, 5.74) is 0. The highest BCUT2D eigenvalue weighted by molar-refractivity contribution is 5.46. The smallest absolute Gasteiger partial charge is 0.176 e. The van der Waals surface area contributed by atoms with Crippen molar-refractivity contribution in [3.05, 3.63) is 30.8 Å². The Morgan fingerprint density at radius 3 is 3.11 bits per heavy atom. The molecule has 0 saturated carbocycles. The minimum Gasteiger partial charge on any atom is -0.461 e. The Balaban J connectivity index is 1.57. The van der Waals surface area contributed by atoms with Crippen LogP contribution in [0.15, 0.2) is 35.2 Å². The second kappa shape index (κ2) is 3.99. The summed E-state index contributed by atoms with van der Waals surface area (Å²) in [4.78, 5) is 4.39. The summed E-state index contributed by atoms with van der Waals surface area (Å²) in [6, 6.07) is 3.85. The van der Waals surface area contributed by atoms with Gasteiger partial charge in [0.25, 0.3) is 0 Å². The number of imidazole rings is 1. The van der Waals surface area contributed by atoms with Gasteiger partial charge in [-0.1, -0.05) is 0 Å². The zero-order valence-corrected chi connectivity index (χ0v) is 10.2. The molecular formula is C14H16N2O2. The molecule has 94 valence electrons. The van der Waals surface area contributed by atoms with Crippen molar-refractivity contribution in [3.8, 4) is 11.6 Å². The van der Waals surface area contributed by atoms with Crippen LogP contribution in [0.2, 0.25) is 0 Å². The van der Waals surface area contributed by atoms with Crippen LogP contribution in [0, 0.1) is 5.92 Å². The number of aromatic nitrogens is 2. The monoisotopic (exact) mass is 244 g/mol. The van der Waals surface area contributed by atoms with Gasteiger partial charge in [0.15, 0.2) is 11.6 Å². The zero-order chi connectivity index (χ0) is 11.9. The summed E-state index contributed by atoms with van der Waals surface area (Å²) in [7, 11) is 0. The summed E-state index contributed by atoms with van der Waals surface area (Å²) in [5.74, 6) is 2.39. The Hall–Kier alpha value is -1.55. The largest absolute Gasteiger partial charge is 0.461 e. The number of hydrogen-bond donors (Lipinski definition) is 0. The van der Waals surface area contributed by atoms with Gasteiger partial charge in [0.2, 0.25) is 0 Å². The second-order valence-corrected chi connectivity index (χ2v) is 5.25. The third kappa shape index (κ3) is 1.60. The first-order chi connectivity index (χ1) is 8.90. The minimum atomic E-state index is 0.460. The molecule has 0 unspecified atom stereocenters. The summed E-state index contributed by atoms with van der Waals surface area (Å²) < 4.78 is 13.5. The van der Waals surface area contributed by atoms with Crippen LogP contribution in [0.3, 0.4) is 0 Å². The first kappa shape index (κ1) is 10.4. The van der Waals surface area contributed by atoms with Gasteiger partial charge in [-0.3, -0.25) is 0 Å². The first-order valence-corrected chi connectivity index (χ1v) is 6.60. The molecule has 3 atom stereocenters. The number of nitrogens with zero attached hydrogens (tertiary/aromatic N) is 2. The average Bonchev–Trinajstić information content (AvgIpc) is 3.14. The van der Waals surface area contributed by atoms with Crippen molar-refractivity contribution in [2.75, 3.05) is 0 Å². The Morgan fingerprint density at radius 1 is 1.39 bits per heavy atom. The SMILES string of the molecule is c1coc(-c2nccn2C[C@@H]2C[C@@H]3CC[C@H]2O3)c1. The van der Waals surface area contributed by atoms with Gasteiger partial charge in [-0.2, -0.15) is 0 Å². The highest BCUT2D eigenvalue weighted by Crippen LogP contribution is 2.39. The van der Waals surface area contributed by atoms with E-state index in [2.05, 4.69) is 9.55 Å². The third-order valence-corrected chi connectivity index (χ3v) is 4.12. The lowest BCUT2D eigenvalue weighted by atomic mass is 9.89. The summed E-state index contributed by atoms with van der Waals surface area (Å²) >= 11 is 0. The van der Waals surface area contributed by atoms with E-state index in [4.69, 9.17) is 9.15 Å². The van der Waals surface area contributed by atoms with E-state index in [-0.39, 0.29) is 0 Å². The van der Waals surface area contributed by atoms with Gasteiger partial charge >= 0.3 is 0 Å². The molecule has 0 aromatic carbocycles. The lowest BCUT2D eigenvalue weighted by Gasteiger charge is -2.19. The lowest BCUT2D eigenvalue weighted by Crippen LogP contribution is -2.21. The van der Waals surface area contributed by atoms with Crippen molar-refractivity contribution >= 4 is 0 Å². The zero-order valence-electron chi connectivity index (χ0n) is 10.2. The molecule has 0 aliphatic carbocycles. The summed E-state index contributed by atoms with van der Waals surface area (Å²) in [5, 5.41) is 0. The Morgan fingerprint density at radius 2 is 2.39 bits per heavy atom. The van der Waals surface area contributed by atoms with Gasteiger partial charge in [0.05, 0.1) is 18.5 Å². The molecule has 2 aliphatic heterocycles. The number of rotatable bonds is 3. The molecular weight excluding hydrogens is 228 g/mol. The molecule has 0 radical (unpaired) electrons. The van der Waals surface area contributed by atoms with Gasteiger partial charge in [0.1, 0.15) is 0 Å². The normalized spacial score (nSPS) is 30.1. The predicted octanol–water partition coefficient (Wildman–Crippen LogP) is 2.71. The van der Waals surface area contributed by atoms with Crippen LogP contribution in [0.5, 0.6) is 0 Å². The Bertz CT molecular complexity index is 532. The number of furan rings is 1. The molecule has 0 amide bonds. The molecule has 4 nitrogen and oxygen atoms in total. The van der Waals surface area contributed by atoms with E-state index in [0.29, 0.717) is 18.1 Å². The van der Waals surface area contributed by atoms with E-state index < -0.39 is 0 Å². The van der Waals surface area contributed by atoms with Crippen LogP contribution in [0.1, 0.15) is 19.3 Å². The molecule has 2 aromatic rings. The molecule has 0 N–H and O–H groups in total. The van der Waals surface area contributed by atoms with Crippen LogP contribution in [0.4, 0.5) is 0 Å². The lowest BCUT2D eigenvalue weighted by molar-refractivity contribution is 0.0900. The van der Waals surface area contributed by atoms with Crippen LogP contribution < -0.4 is 0 Å². The molecule has 4 heteroatoms. The third-order valence-electron chi connectivity index (χ3n) is 4.12. The highest BCUT2D eigenvalue weighted by atomic mass is 16.5. The molecule has 4 heterocycles. The fourth-order valence-electron chi connectivity index (χ4n) is 3.28. The van der Waals surface area contributed by atoms with E-state index in [1.165, 1.54) is 19.3 Å². The second-order valence-electron chi connectivity index (χ2n) is 5.25. The maximum Gasteiger partial charge on any atom is 0.176 e. The van der Waals surface area contributed by atoms with Crippen molar-refractivity contribution in [3.63, 3.8) is 0 Å². The van der Waals surface area contributed by atoms with Gasteiger partial charge in [0, 0.05) is 24.9 Å². The predicted molar refractivity (Wildman–Crippen MR) is 65.9 cm³/mol. The van der Waals surface area contributed by atoms with E-state index in [1.807, 2.05) is 24.5 Å². The van der Waals surface area contributed by atoms with E-state index >= 15 is 0 Å². The molecule has 0 spiro atoms. The fourth-order valence-corrected chi connectivity index (χ4v) is 3.28. The molecule has 2 aromatic heterocycles.